The lowest BCUT2D eigenvalue weighted by Crippen LogP contribution is -2.06. The highest BCUT2D eigenvalue weighted by atomic mass is 32.1. The first-order valence-electron chi connectivity index (χ1n) is 9.53. The van der Waals surface area contributed by atoms with E-state index in [2.05, 4.69) is 77.2 Å². The van der Waals surface area contributed by atoms with E-state index >= 15 is 0 Å². The molecule has 2 heterocycles. The molecule has 29 heavy (non-hydrogen) atoms. The fourth-order valence-corrected chi connectivity index (χ4v) is 4.13. The van der Waals surface area contributed by atoms with E-state index in [1.807, 2.05) is 30.3 Å². The summed E-state index contributed by atoms with van der Waals surface area (Å²) in [5, 5.41) is 7.48. The largest absolute Gasteiger partial charge is 0.324 e. The van der Waals surface area contributed by atoms with Crippen molar-refractivity contribution in [2.24, 2.45) is 5.92 Å². The molecule has 0 aliphatic rings. The van der Waals surface area contributed by atoms with Crippen LogP contribution in [0.1, 0.15) is 25.1 Å². The van der Waals surface area contributed by atoms with Gasteiger partial charge in [0.2, 0.25) is 5.95 Å². The van der Waals surface area contributed by atoms with E-state index in [4.69, 9.17) is 0 Å². The molecule has 7 heteroatoms. The first kappa shape index (κ1) is 19.7. The molecule has 0 aliphatic carbocycles. The minimum absolute atomic E-state index is 0.500. The topological polar surface area (TPSA) is 62.7 Å². The van der Waals surface area contributed by atoms with Crippen LogP contribution >= 0.6 is 24.0 Å². The van der Waals surface area contributed by atoms with Crippen molar-refractivity contribution in [1.82, 2.24) is 15.0 Å². The molecule has 5 nitrogen and oxygen atoms in total. The number of hydrogen-bond acceptors (Lipinski definition) is 7. The Bertz CT molecular complexity index is 1140. The number of aromatic nitrogens is 3. The van der Waals surface area contributed by atoms with Gasteiger partial charge in [-0.2, -0.15) is 4.98 Å². The highest BCUT2D eigenvalue weighted by molar-refractivity contribution is 7.80. The van der Waals surface area contributed by atoms with Gasteiger partial charge in [0.25, 0.3) is 0 Å². The number of hydrogen-bond donors (Lipinski definition) is 3. The zero-order valence-corrected chi connectivity index (χ0v) is 18.3. The molecule has 2 aromatic carbocycles. The summed E-state index contributed by atoms with van der Waals surface area (Å²) in [6, 6.07) is 16.1. The summed E-state index contributed by atoms with van der Waals surface area (Å²) in [5.41, 5.74) is 4.13. The Morgan fingerprint density at radius 2 is 1.76 bits per heavy atom. The second kappa shape index (κ2) is 8.39. The maximum Gasteiger partial charge on any atom is 0.229 e. The van der Waals surface area contributed by atoms with Gasteiger partial charge in [-0.1, -0.05) is 31.3 Å². The van der Waals surface area contributed by atoms with Crippen molar-refractivity contribution in [3.63, 3.8) is 0 Å². The van der Waals surface area contributed by atoms with Crippen molar-refractivity contribution in [3.8, 4) is 0 Å². The smallest absolute Gasteiger partial charge is 0.229 e. The molecule has 0 bridgehead atoms. The lowest BCUT2D eigenvalue weighted by molar-refractivity contribution is 0.635. The second-order valence-corrected chi connectivity index (χ2v) is 9.00. The van der Waals surface area contributed by atoms with Crippen LogP contribution < -0.4 is 10.6 Å². The van der Waals surface area contributed by atoms with Crippen LogP contribution in [-0.2, 0) is 6.42 Å². The van der Waals surface area contributed by atoms with Gasteiger partial charge in [-0.25, -0.2) is 9.97 Å². The molecule has 148 valence electrons. The van der Waals surface area contributed by atoms with Gasteiger partial charge < -0.3 is 10.6 Å². The summed E-state index contributed by atoms with van der Waals surface area (Å²) in [7, 11) is 0. The minimum Gasteiger partial charge on any atom is -0.324 e. The quantitative estimate of drug-likeness (QED) is 0.316. The van der Waals surface area contributed by atoms with Crippen molar-refractivity contribution in [2.45, 2.75) is 32.1 Å². The Balaban J connectivity index is 1.64. The number of aryl methyl sites for hydroxylation is 1. The van der Waals surface area contributed by atoms with Crippen molar-refractivity contribution < 1.29 is 0 Å². The first-order valence-corrected chi connectivity index (χ1v) is 10.8. The van der Waals surface area contributed by atoms with Gasteiger partial charge >= 0.3 is 0 Å². The zero-order chi connectivity index (χ0) is 20.4. The van der Waals surface area contributed by atoms with Crippen LogP contribution in [0.25, 0.3) is 10.2 Å². The van der Waals surface area contributed by atoms with E-state index in [1.54, 1.807) is 11.3 Å². The maximum atomic E-state index is 4.69. The number of fused-ring (bicyclic) bond motifs is 1. The van der Waals surface area contributed by atoms with E-state index in [9.17, 15) is 0 Å². The third kappa shape index (κ3) is 5.05. The average Bonchev–Trinajstić information content (AvgIpc) is 3.04. The number of thiazole rings is 1. The summed E-state index contributed by atoms with van der Waals surface area (Å²) in [4.78, 5) is 14.9. The highest BCUT2D eigenvalue weighted by Gasteiger charge is 2.10. The maximum absolute atomic E-state index is 4.69. The molecule has 0 aliphatic heterocycles. The molecule has 2 aromatic heterocycles. The summed E-state index contributed by atoms with van der Waals surface area (Å²) < 4.78 is 1.16. The van der Waals surface area contributed by atoms with Gasteiger partial charge in [-0.3, -0.25) is 0 Å². The van der Waals surface area contributed by atoms with Gasteiger partial charge in [0.1, 0.15) is 5.82 Å². The molecule has 0 amide bonds. The molecule has 2 N–H and O–H groups in total. The Morgan fingerprint density at radius 3 is 2.52 bits per heavy atom. The lowest BCUT2D eigenvalue weighted by atomic mass is 10.1. The Hall–Kier alpha value is -2.64. The number of nitrogens with zero attached hydrogens (tertiary/aromatic N) is 3. The molecule has 0 fully saturated rings. The third-order valence-electron chi connectivity index (χ3n) is 4.30. The molecule has 0 saturated heterocycles. The SMILES string of the molecule is Cc1ccc2nc(Nc3cc(CC(C)C)nc(Nc4ccc(S)cc4)n3)sc2c1. The van der Waals surface area contributed by atoms with Gasteiger partial charge in [-0.15, -0.1) is 12.6 Å². The molecular formula is C22H23N5S2. The standard InChI is InChI=1S/C22H23N5S2/c1-13(2)10-16-12-20(26-21(24-16)23-15-5-7-17(28)8-6-15)27-22-25-18-9-4-14(3)11-19(18)29-22/h4-9,11-13,28H,10H2,1-3H3,(H2,23,24,25,26,27). The van der Waals surface area contributed by atoms with Crippen molar-refractivity contribution in [2.75, 3.05) is 10.6 Å². The van der Waals surface area contributed by atoms with Crippen molar-refractivity contribution in [1.29, 1.82) is 0 Å². The number of nitrogens with one attached hydrogen (secondary N) is 2. The summed E-state index contributed by atoms with van der Waals surface area (Å²) >= 11 is 5.96. The van der Waals surface area contributed by atoms with Crippen molar-refractivity contribution >= 4 is 56.8 Å². The highest BCUT2D eigenvalue weighted by Crippen LogP contribution is 2.29. The first-order chi connectivity index (χ1) is 13.9. The molecule has 4 aromatic rings. The molecule has 0 unspecified atom stereocenters. The van der Waals surface area contributed by atoms with Crippen LogP contribution in [0.2, 0.25) is 0 Å². The monoisotopic (exact) mass is 421 g/mol. The van der Waals surface area contributed by atoms with Crippen LogP contribution in [0.5, 0.6) is 0 Å². The molecular weight excluding hydrogens is 398 g/mol. The number of benzene rings is 2. The Morgan fingerprint density at radius 1 is 0.966 bits per heavy atom. The minimum atomic E-state index is 0.500. The number of rotatable bonds is 6. The molecule has 0 radical (unpaired) electrons. The fraction of sp³-hybridized carbons (Fsp3) is 0.227. The van der Waals surface area contributed by atoms with E-state index in [1.165, 1.54) is 5.56 Å². The van der Waals surface area contributed by atoms with Gasteiger partial charge in [0.05, 0.1) is 10.2 Å². The van der Waals surface area contributed by atoms with Gasteiger partial charge in [0.15, 0.2) is 5.13 Å². The summed E-state index contributed by atoms with van der Waals surface area (Å²) in [6.45, 7) is 6.46. The number of thiol groups is 1. The van der Waals surface area contributed by atoms with Crippen LogP contribution in [0, 0.1) is 12.8 Å². The molecule has 0 spiro atoms. The Labute approximate surface area is 180 Å². The van der Waals surface area contributed by atoms with Gasteiger partial charge in [-0.05, 0) is 61.2 Å². The average molecular weight is 422 g/mol. The fourth-order valence-electron chi connectivity index (χ4n) is 3.01. The molecule has 0 saturated carbocycles. The Kier molecular flexibility index (Phi) is 5.69. The van der Waals surface area contributed by atoms with E-state index < -0.39 is 0 Å². The number of anilines is 4. The van der Waals surface area contributed by atoms with Crippen LogP contribution in [0.4, 0.5) is 22.6 Å². The van der Waals surface area contributed by atoms with Crippen LogP contribution in [0.3, 0.4) is 0 Å². The summed E-state index contributed by atoms with van der Waals surface area (Å²) in [5.74, 6) is 1.80. The zero-order valence-electron chi connectivity index (χ0n) is 16.6. The van der Waals surface area contributed by atoms with Crippen molar-refractivity contribution in [3.05, 3.63) is 59.8 Å². The normalized spacial score (nSPS) is 11.2. The molecule has 0 atom stereocenters. The molecule has 4 rings (SSSR count). The summed E-state index contributed by atoms with van der Waals surface area (Å²) in [6.07, 6.45) is 0.875. The van der Waals surface area contributed by atoms with E-state index in [0.717, 1.165) is 43.9 Å². The lowest BCUT2D eigenvalue weighted by Gasteiger charge is -2.11. The van der Waals surface area contributed by atoms with Crippen LogP contribution in [-0.4, -0.2) is 15.0 Å². The predicted molar refractivity (Wildman–Crippen MR) is 125 cm³/mol. The van der Waals surface area contributed by atoms with Crippen LogP contribution in [0.15, 0.2) is 53.4 Å². The second-order valence-electron chi connectivity index (χ2n) is 7.45. The third-order valence-corrected chi connectivity index (χ3v) is 5.53. The van der Waals surface area contributed by atoms with E-state index in [-0.39, 0.29) is 0 Å². The van der Waals surface area contributed by atoms with Gasteiger partial charge in [0, 0.05) is 22.3 Å². The predicted octanol–water partition coefficient (Wildman–Crippen LogP) is 6.37. The van der Waals surface area contributed by atoms with E-state index in [0.29, 0.717) is 11.9 Å².